The second-order valence-electron chi connectivity index (χ2n) is 4.42. The van der Waals surface area contributed by atoms with Gasteiger partial charge in [0.05, 0.1) is 6.54 Å². The van der Waals surface area contributed by atoms with Crippen LogP contribution in [-0.2, 0) is 6.54 Å². The van der Waals surface area contributed by atoms with Crippen molar-refractivity contribution in [3.63, 3.8) is 0 Å². The predicted molar refractivity (Wildman–Crippen MR) is 57.6 cm³/mol. The fourth-order valence-electron chi connectivity index (χ4n) is 2.07. The Morgan fingerprint density at radius 3 is 2.73 bits per heavy atom. The van der Waals surface area contributed by atoms with Crippen LogP contribution in [0.4, 0.5) is 6.01 Å². The molecule has 1 aliphatic carbocycles. The highest BCUT2D eigenvalue weighted by Gasteiger charge is 2.29. The van der Waals surface area contributed by atoms with Crippen molar-refractivity contribution in [2.24, 2.45) is 0 Å². The van der Waals surface area contributed by atoms with Crippen LogP contribution in [0.5, 0.6) is 0 Å². The summed E-state index contributed by atoms with van der Waals surface area (Å²) in [6.07, 6.45) is 4.91. The highest BCUT2D eigenvalue weighted by Crippen LogP contribution is 2.31. The molecule has 0 bridgehead atoms. The fraction of sp³-hybridized carbons (Fsp3) is 0.800. The molecule has 0 spiro atoms. The van der Waals surface area contributed by atoms with Gasteiger partial charge in [0.15, 0.2) is 0 Å². The van der Waals surface area contributed by atoms with Crippen molar-refractivity contribution < 1.29 is 4.42 Å². The largest absolute Gasteiger partial charge is 0.407 e. The molecule has 0 amide bonds. The van der Waals surface area contributed by atoms with E-state index in [2.05, 4.69) is 27.8 Å². The van der Waals surface area contributed by atoms with Crippen molar-refractivity contribution in [1.82, 2.24) is 15.5 Å². The maximum atomic E-state index is 5.46. The van der Waals surface area contributed by atoms with Crippen LogP contribution in [0, 0.1) is 0 Å². The lowest BCUT2D eigenvalue weighted by atomic mass is 10.0. The topological polar surface area (TPSA) is 63.0 Å². The average Bonchev–Trinajstić information content (AvgIpc) is 2.77. The molecule has 0 aliphatic heterocycles. The van der Waals surface area contributed by atoms with Gasteiger partial charge in [0.1, 0.15) is 0 Å². The van der Waals surface area contributed by atoms with E-state index in [0.717, 1.165) is 0 Å². The minimum Gasteiger partial charge on any atom is -0.407 e. The minimum atomic E-state index is 0.142. The van der Waals surface area contributed by atoms with E-state index < -0.39 is 0 Å². The zero-order valence-corrected chi connectivity index (χ0v) is 9.34. The Balaban J connectivity index is 1.97. The summed E-state index contributed by atoms with van der Waals surface area (Å²) in [5.74, 6) is 0.626. The fourth-order valence-corrected chi connectivity index (χ4v) is 2.07. The second-order valence-corrected chi connectivity index (χ2v) is 4.42. The van der Waals surface area contributed by atoms with Gasteiger partial charge in [0.25, 0.3) is 0 Å². The van der Waals surface area contributed by atoms with E-state index in [4.69, 9.17) is 4.42 Å². The molecule has 0 unspecified atom stereocenters. The first-order valence-electron chi connectivity index (χ1n) is 5.47. The summed E-state index contributed by atoms with van der Waals surface area (Å²) in [4.78, 5) is 0. The zero-order valence-electron chi connectivity index (χ0n) is 9.34. The van der Waals surface area contributed by atoms with Crippen LogP contribution in [0.2, 0.25) is 0 Å². The number of nitrogens with zero attached hydrogens (tertiary/aromatic N) is 2. The molecule has 15 heavy (non-hydrogen) atoms. The van der Waals surface area contributed by atoms with Crippen LogP contribution < -0.4 is 10.6 Å². The smallest absolute Gasteiger partial charge is 0.315 e. The lowest BCUT2D eigenvalue weighted by Crippen LogP contribution is -2.30. The van der Waals surface area contributed by atoms with Gasteiger partial charge in [0, 0.05) is 5.54 Å². The summed E-state index contributed by atoms with van der Waals surface area (Å²) in [7, 11) is 1.86. The molecule has 0 radical (unpaired) electrons. The summed E-state index contributed by atoms with van der Waals surface area (Å²) in [6, 6.07) is 0.546. The van der Waals surface area contributed by atoms with Gasteiger partial charge in [-0.05, 0) is 26.8 Å². The molecule has 0 aromatic carbocycles. The summed E-state index contributed by atoms with van der Waals surface area (Å²) < 4.78 is 5.46. The minimum absolute atomic E-state index is 0.142. The molecule has 0 saturated heterocycles. The maximum absolute atomic E-state index is 5.46. The van der Waals surface area contributed by atoms with E-state index in [9.17, 15) is 0 Å². The number of hydrogen-bond acceptors (Lipinski definition) is 5. The standard InChI is InChI=1S/C10H18N4O/c1-10(5-3-4-6-10)12-9-14-13-8(15-9)7-11-2/h11H,3-7H2,1-2H3,(H,12,14). The Labute approximate surface area is 89.6 Å². The van der Waals surface area contributed by atoms with Gasteiger partial charge in [-0.25, -0.2) is 0 Å². The molecule has 2 rings (SSSR count). The Morgan fingerprint density at radius 2 is 2.07 bits per heavy atom. The Kier molecular flexibility index (Phi) is 2.90. The molecule has 0 atom stereocenters. The molecule has 1 aromatic heterocycles. The molecular weight excluding hydrogens is 192 g/mol. The molecule has 84 valence electrons. The van der Waals surface area contributed by atoms with Gasteiger partial charge in [-0.2, -0.15) is 0 Å². The number of nitrogens with one attached hydrogen (secondary N) is 2. The van der Waals surface area contributed by atoms with E-state index >= 15 is 0 Å². The number of aromatic nitrogens is 2. The van der Waals surface area contributed by atoms with Gasteiger partial charge >= 0.3 is 6.01 Å². The van der Waals surface area contributed by atoms with Crippen LogP contribution in [0.1, 0.15) is 38.5 Å². The molecule has 5 heteroatoms. The van der Waals surface area contributed by atoms with E-state index in [-0.39, 0.29) is 5.54 Å². The van der Waals surface area contributed by atoms with Crippen molar-refractivity contribution in [1.29, 1.82) is 0 Å². The number of anilines is 1. The summed E-state index contributed by atoms with van der Waals surface area (Å²) >= 11 is 0. The molecule has 1 saturated carbocycles. The van der Waals surface area contributed by atoms with Crippen molar-refractivity contribution in [2.45, 2.75) is 44.7 Å². The van der Waals surface area contributed by atoms with Gasteiger partial charge in [-0.3, -0.25) is 0 Å². The van der Waals surface area contributed by atoms with Crippen LogP contribution >= 0.6 is 0 Å². The molecule has 1 fully saturated rings. The van der Waals surface area contributed by atoms with Gasteiger partial charge in [-0.1, -0.05) is 17.9 Å². The predicted octanol–water partition coefficient (Wildman–Crippen LogP) is 1.53. The van der Waals surface area contributed by atoms with Crippen molar-refractivity contribution in [3.05, 3.63) is 5.89 Å². The van der Waals surface area contributed by atoms with E-state index in [1.165, 1.54) is 25.7 Å². The zero-order chi connectivity index (χ0) is 10.7. The number of rotatable bonds is 4. The van der Waals surface area contributed by atoms with Crippen LogP contribution in [0.3, 0.4) is 0 Å². The molecule has 2 N–H and O–H groups in total. The van der Waals surface area contributed by atoms with Crippen molar-refractivity contribution in [3.8, 4) is 0 Å². The molecule has 1 aromatic rings. The van der Waals surface area contributed by atoms with Gasteiger partial charge in [0.2, 0.25) is 5.89 Å². The first-order valence-corrected chi connectivity index (χ1v) is 5.47. The summed E-state index contributed by atoms with van der Waals surface area (Å²) in [6.45, 7) is 2.83. The normalized spacial score (nSPS) is 19.3. The van der Waals surface area contributed by atoms with E-state index in [0.29, 0.717) is 18.5 Å². The summed E-state index contributed by atoms with van der Waals surface area (Å²) in [5.41, 5.74) is 0.142. The second kappa shape index (κ2) is 4.18. The van der Waals surface area contributed by atoms with Gasteiger partial charge < -0.3 is 15.1 Å². The number of hydrogen-bond donors (Lipinski definition) is 2. The summed E-state index contributed by atoms with van der Waals surface area (Å²) in [5, 5.41) is 14.2. The maximum Gasteiger partial charge on any atom is 0.315 e. The quantitative estimate of drug-likeness (QED) is 0.789. The van der Waals surface area contributed by atoms with E-state index in [1.54, 1.807) is 0 Å². The van der Waals surface area contributed by atoms with E-state index in [1.807, 2.05) is 7.05 Å². The first-order chi connectivity index (χ1) is 7.22. The Hall–Kier alpha value is -1.10. The van der Waals surface area contributed by atoms with Crippen LogP contribution in [0.15, 0.2) is 4.42 Å². The lowest BCUT2D eigenvalue weighted by molar-refractivity contribution is 0.456. The van der Waals surface area contributed by atoms with Crippen molar-refractivity contribution >= 4 is 6.01 Å². The lowest BCUT2D eigenvalue weighted by Gasteiger charge is -2.23. The van der Waals surface area contributed by atoms with Gasteiger partial charge in [-0.15, -0.1) is 5.10 Å². The third-order valence-electron chi connectivity index (χ3n) is 2.91. The molecule has 1 aliphatic rings. The molecule has 5 nitrogen and oxygen atoms in total. The SMILES string of the molecule is CNCc1nnc(NC2(C)CCCC2)o1. The third kappa shape index (κ3) is 2.47. The van der Waals surface area contributed by atoms with Crippen LogP contribution in [-0.4, -0.2) is 22.8 Å². The van der Waals surface area contributed by atoms with Crippen LogP contribution in [0.25, 0.3) is 0 Å². The Morgan fingerprint density at radius 1 is 1.33 bits per heavy atom. The molecule has 1 heterocycles. The van der Waals surface area contributed by atoms with Crippen molar-refractivity contribution in [2.75, 3.05) is 12.4 Å². The molecular formula is C10H18N4O. The highest BCUT2D eigenvalue weighted by atomic mass is 16.4. The monoisotopic (exact) mass is 210 g/mol. The average molecular weight is 210 g/mol. The Bertz CT molecular complexity index is 317. The third-order valence-corrected chi connectivity index (χ3v) is 2.91. The highest BCUT2D eigenvalue weighted by molar-refractivity contribution is 5.24. The first kappa shape index (κ1) is 10.4.